The first-order chi connectivity index (χ1) is 12.0. The number of rotatable bonds is 6. The van der Waals surface area contributed by atoms with Gasteiger partial charge < -0.3 is 10.6 Å². The molecule has 0 spiro atoms. The monoisotopic (exact) mass is 360 g/mol. The average Bonchev–Trinajstić information content (AvgIpc) is 2.95. The van der Waals surface area contributed by atoms with Gasteiger partial charge in [0.2, 0.25) is 0 Å². The molecule has 1 unspecified atom stereocenters. The fourth-order valence-electron chi connectivity index (χ4n) is 2.70. The summed E-state index contributed by atoms with van der Waals surface area (Å²) < 4.78 is 22.9. The van der Waals surface area contributed by atoms with Gasteiger partial charge in [-0.1, -0.05) is 30.3 Å². The Morgan fingerprint density at radius 3 is 2.56 bits per heavy atom. The molecule has 1 aromatic heterocycles. The summed E-state index contributed by atoms with van der Waals surface area (Å²) in [5.41, 5.74) is 1.39. The number of hydrogen-bond donors (Lipinski definition) is 2. The zero-order valence-corrected chi connectivity index (χ0v) is 14.5. The van der Waals surface area contributed by atoms with E-state index < -0.39 is 9.84 Å². The van der Waals surface area contributed by atoms with E-state index in [9.17, 15) is 13.2 Å². The van der Waals surface area contributed by atoms with Crippen molar-refractivity contribution >= 4 is 21.6 Å². The van der Waals surface area contributed by atoms with Gasteiger partial charge >= 0.3 is 0 Å². The van der Waals surface area contributed by atoms with Crippen LogP contribution in [-0.2, 0) is 16.3 Å². The second-order valence-electron chi connectivity index (χ2n) is 6.04. The van der Waals surface area contributed by atoms with Crippen molar-refractivity contribution in [1.29, 1.82) is 0 Å². The maximum atomic E-state index is 12.1. The molecule has 1 aliphatic rings. The molecule has 7 nitrogen and oxygen atoms in total. The van der Waals surface area contributed by atoms with E-state index in [0.717, 1.165) is 12.0 Å². The lowest BCUT2D eigenvalue weighted by Gasteiger charge is -2.11. The summed E-state index contributed by atoms with van der Waals surface area (Å²) in [7, 11) is -2.95. The number of sulfone groups is 1. The molecule has 8 heteroatoms. The molecule has 2 N–H and O–H groups in total. The summed E-state index contributed by atoms with van der Waals surface area (Å²) in [5.74, 6) is 0.498. The minimum atomic E-state index is -2.95. The first kappa shape index (κ1) is 17.3. The third-order valence-corrected chi connectivity index (χ3v) is 5.79. The van der Waals surface area contributed by atoms with Crippen molar-refractivity contribution in [3.05, 3.63) is 53.7 Å². The summed E-state index contributed by atoms with van der Waals surface area (Å²) in [4.78, 5) is 12.1. The molecule has 1 aliphatic heterocycles. The number of nitrogens with zero attached hydrogens (tertiary/aromatic N) is 2. The molecule has 1 aromatic carbocycles. The minimum absolute atomic E-state index is 0.108. The van der Waals surface area contributed by atoms with Crippen LogP contribution in [0.2, 0.25) is 0 Å². The molecule has 1 saturated heterocycles. The van der Waals surface area contributed by atoms with Crippen LogP contribution in [0.3, 0.4) is 0 Å². The van der Waals surface area contributed by atoms with Crippen molar-refractivity contribution in [2.75, 3.05) is 23.4 Å². The lowest BCUT2D eigenvalue weighted by Crippen LogP contribution is -2.27. The molecule has 2 heterocycles. The normalized spacial score (nSPS) is 18.6. The van der Waals surface area contributed by atoms with Crippen LogP contribution in [0.4, 0.5) is 5.82 Å². The molecular formula is C17H20N4O3S. The maximum Gasteiger partial charge on any atom is 0.271 e. The van der Waals surface area contributed by atoms with Gasteiger partial charge in [0.05, 0.1) is 11.5 Å². The van der Waals surface area contributed by atoms with E-state index >= 15 is 0 Å². The smallest absolute Gasteiger partial charge is 0.271 e. The van der Waals surface area contributed by atoms with Crippen molar-refractivity contribution in [1.82, 2.24) is 15.5 Å². The van der Waals surface area contributed by atoms with Crippen LogP contribution in [-0.4, -0.2) is 48.6 Å². The van der Waals surface area contributed by atoms with Crippen molar-refractivity contribution < 1.29 is 13.2 Å². The maximum absolute atomic E-state index is 12.1. The summed E-state index contributed by atoms with van der Waals surface area (Å²) in [6, 6.07) is 13.0. The van der Waals surface area contributed by atoms with Gasteiger partial charge in [0.1, 0.15) is 5.82 Å². The van der Waals surface area contributed by atoms with E-state index in [2.05, 4.69) is 20.8 Å². The predicted molar refractivity (Wildman–Crippen MR) is 95.2 cm³/mol. The zero-order chi connectivity index (χ0) is 17.7. The topological polar surface area (TPSA) is 101 Å². The highest BCUT2D eigenvalue weighted by Crippen LogP contribution is 2.15. The van der Waals surface area contributed by atoms with E-state index in [1.807, 2.05) is 30.3 Å². The van der Waals surface area contributed by atoms with Gasteiger partial charge in [0.25, 0.3) is 5.91 Å². The predicted octanol–water partition coefficient (Wildman–Crippen LogP) is 1.05. The molecule has 0 bridgehead atoms. The number of aromatic nitrogens is 2. The third kappa shape index (κ3) is 4.99. The largest absolute Gasteiger partial charge is 0.365 e. The standard InChI is InChI=1S/C17H20N4O3S/c22-17(18-10-8-13-4-2-1-3-5-13)15-6-7-16(21-20-15)19-14-9-11-25(23,24)12-14/h1-7,14H,8-12H2,(H,18,22)(H,19,21). The van der Waals surface area contributed by atoms with Crippen LogP contribution in [0.5, 0.6) is 0 Å². The summed E-state index contributed by atoms with van der Waals surface area (Å²) in [6.07, 6.45) is 1.31. The second kappa shape index (κ2) is 7.60. The van der Waals surface area contributed by atoms with E-state index in [1.165, 1.54) is 0 Å². The fourth-order valence-corrected chi connectivity index (χ4v) is 4.38. The van der Waals surface area contributed by atoms with E-state index in [1.54, 1.807) is 12.1 Å². The number of anilines is 1. The lowest BCUT2D eigenvalue weighted by molar-refractivity contribution is 0.0948. The summed E-state index contributed by atoms with van der Waals surface area (Å²) >= 11 is 0. The minimum Gasteiger partial charge on any atom is -0.365 e. The average molecular weight is 360 g/mol. The Hall–Kier alpha value is -2.48. The number of carbonyl (C=O) groups is 1. The molecule has 1 fully saturated rings. The fraction of sp³-hybridized carbons (Fsp3) is 0.353. The quantitative estimate of drug-likeness (QED) is 0.798. The van der Waals surface area contributed by atoms with E-state index in [0.29, 0.717) is 18.8 Å². The molecule has 25 heavy (non-hydrogen) atoms. The molecular weight excluding hydrogens is 340 g/mol. The molecule has 1 atom stereocenters. The van der Waals surface area contributed by atoms with Crippen LogP contribution < -0.4 is 10.6 Å². The number of amides is 1. The SMILES string of the molecule is O=C(NCCc1ccccc1)c1ccc(NC2CCS(=O)(=O)C2)nn1. The first-order valence-corrected chi connectivity index (χ1v) is 9.97. The van der Waals surface area contributed by atoms with Crippen LogP contribution in [0.25, 0.3) is 0 Å². The molecule has 0 radical (unpaired) electrons. The Balaban J connectivity index is 1.49. The summed E-state index contributed by atoms with van der Waals surface area (Å²) in [6.45, 7) is 0.518. The molecule has 3 rings (SSSR count). The number of hydrogen-bond acceptors (Lipinski definition) is 6. The van der Waals surface area contributed by atoms with Gasteiger partial charge in [0, 0.05) is 12.6 Å². The Labute approximate surface area is 146 Å². The highest BCUT2D eigenvalue weighted by molar-refractivity contribution is 7.91. The van der Waals surface area contributed by atoms with Crippen LogP contribution in [0.15, 0.2) is 42.5 Å². The Bertz CT molecular complexity index is 823. The number of benzene rings is 1. The van der Waals surface area contributed by atoms with Gasteiger partial charge in [-0.25, -0.2) is 8.42 Å². The van der Waals surface area contributed by atoms with Gasteiger partial charge in [-0.05, 0) is 30.5 Å². The zero-order valence-electron chi connectivity index (χ0n) is 13.7. The van der Waals surface area contributed by atoms with Gasteiger partial charge in [-0.2, -0.15) is 0 Å². The van der Waals surface area contributed by atoms with Gasteiger partial charge in [-0.3, -0.25) is 4.79 Å². The Morgan fingerprint density at radius 2 is 1.92 bits per heavy atom. The van der Waals surface area contributed by atoms with Crippen molar-refractivity contribution in [2.45, 2.75) is 18.9 Å². The van der Waals surface area contributed by atoms with Crippen LogP contribution >= 0.6 is 0 Å². The number of nitrogens with one attached hydrogen (secondary N) is 2. The summed E-state index contributed by atoms with van der Waals surface area (Å²) in [5, 5.41) is 13.7. The third-order valence-electron chi connectivity index (χ3n) is 4.02. The Kier molecular flexibility index (Phi) is 5.28. The molecule has 1 amide bonds. The van der Waals surface area contributed by atoms with Crippen molar-refractivity contribution in [3.63, 3.8) is 0 Å². The Morgan fingerprint density at radius 1 is 1.12 bits per heavy atom. The molecule has 132 valence electrons. The van der Waals surface area contributed by atoms with Crippen molar-refractivity contribution in [3.8, 4) is 0 Å². The van der Waals surface area contributed by atoms with Crippen LogP contribution in [0, 0.1) is 0 Å². The highest BCUT2D eigenvalue weighted by Gasteiger charge is 2.27. The second-order valence-corrected chi connectivity index (χ2v) is 8.27. The lowest BCUT2D eigenvalue weighted by atomic mass is 10.1. The molecule has 2 aromatic rings. The van der Waals surface area contributed by atoms with Gasteiger partial charge in [0.15, 0.2) is 15.5 Å². The molecule has 0 saturated carbocycles. The van der Waals surface area contributed by atoms with E-state index in [-0.39, 0.29) is 29.1 Å². The highest BCUT2D eigenvalue weighted by atomic mass is 32.2. The molecule has 0 aliphatic carbocycles. The van der Waals surface area contributed by atoms with Gasteiger partial charge in [-0.15, -0.1) is 10.2 Å². The number of carbonyl (C=O) groups excluding carboxylic acids is 1. The van der Waals surface area contributed by atoms with Crippen LogP contribution in [0.1, 0.15) is 22.5 Å². The van der Waals surface area contributed by atoms with Crippen molar-refractivity contribution in [2.24, 2.45) is 0 Å². The first-order valence-electron chi connectivity index (χ1n) is 8.15. The van der Waals surface area contributed by atoms with E-state index in [4.69, 9.17) is 0 Å².